The van der Waals surface area contributed by atoms with E-state index in [2.05, 4.69) is 4.99 Å². The van der Waals surface area contributed by atoms with Crippen molar-refractivity contribution < 1.29 is 5.11 Å². The maximum Gasteiger partial charge on any atom is 0.123 e. The van der Waals surface area contributed by atoms with Crippen LogP contribution in [0.4, 0.5) is 0 Å². The van der Waals surface area contributed by atoms with Gasteiger partial charge in [0.05, 0.1) is 0 Å². The normalized spacial score (nSPS) is 36.0. The topological polar surface area (TPSA) is 58.6 Å². The highest BCUT2D eigenvalue weighted by molar-refractivity contribution is 5.85. The molecule has 3 heteroatoms. The first-order valence-corrected chi connectivity index (χ1v) is 3.21. The fraction of sp³-hybridized carbons (Fsp3) is 0.833. The Balaban J connectivity index is 2.61. The first kappa shape index (κ1) is 6.55. The summed E-state index contributed by atoms with van der Waals surface area (Å²) >= 11 is 0. The number of amidine groups is 1. The molecule has 0 saturated carbocycles. The van der Waals surface area contributed by atoms with Gasteiger partial charge in [-0.15, -0.1) is 0 Å². The largest absolute Gasteiger partial charge is 0.385 e. The van der Waals surface area contributed by atoms with Crippen LogP contribution in [-0.4, -0.2) is 23.1 Å². The van der Waals surface area contributed by atoms with Gasteiger partial charge in [0.1, 0.15) is 11.9 Å². The monoisotopic (exact) mass is 128 g/mol. The molecule has 1 rings (SSSR count). The number of hydrogen-bond donors (Lipinski definition) is 2. The molecule has 0 spiro atoms. The smallest absolute Gasteiger partial charge is 0.123 e. The molecule has 0 saturated heterocycles. The number of aliphatic hydroxyl groups excluding tert-OH is 1. The summed E-state index contributed by atoms with van der Waals surface area (Å²) in [5.41, 5.74) is 5.37. The van der Waals surface area contributed by atoms with Crippen LogP contribution < -0.4 is 5.73 Å². The van der Waals surface area contributed by atoms with E-state index in [4.69, 9.17) is 10.8 Å². The van der Waals surface area contributed by atoms with Crippen LogP contribution in [0, 0.1) is 0 Å². The molecule has 0 radical (unpaired) electrons. The minimum atomic E-state index is -0.485. The summed E-state index contributed by atoms with van der Waals surface area (Å²) in [6, 6.07) is 0.299. The molecule has 1 aliphatic rings. The molecule has 3 N–H and O–H groups in total. The molecule has 52 valence electrons. The highest BCUT2D eigenvalue weighted by Crippen LogP contribution is 2.10. The highest BCUT2D eigenvalue weighted by Gasteiger charge is 2.16. The molecule has 0 aromatic heterocycles. The van der Waals surface area contributed by atoms with Crippen LogP contribution in [0.2, 0.25) is 0 Å². The molecule has 0 aromatic rings. The minimum Gasteiger partial charge on any atom is -0.385 e. The second-order valence-corrected chi connectivity index (χ2v) is 2.50. The van der Waals surface area contributed by atoms with Gasteiger partial charge in [0.2, 0.25) is 0 Å². The fourth-order valence-corrected chi connectivity index (χ4v) is 0.952. The van der Waals surface area contributed by atoms with Gasteiger partial charge in [0.25, 0.3) is 0 Å². The van der Waals surface area contributed by atoms with Gasteiger partial charge in [0.15, 0.2) is 0 Å². The van der Waals surface area contributed by atoms with E-state index in [1.165, 1.54) is 0 Å². The molecule has 1 heterocycles. The molecule has 9 heavy (non-hydrogen) atoms. The summed E-state index contributed by atoms with van der Waals surface area (Å²) in [7, 11) is 0. The molecule has 0 aliphatic carbocycles. The number of nitrogens with two attached hydrogens (primary N) is 1. The van der Waals surface area contributed by atoms with E-state index in [1.807, 2.05) is 6.92 Å². The van der Waals surface area contributed by atoms with Crippen molar-refractivity contribution in [2.24, 2.45) is 10.7 Å². The van der Waals surface area contributed by atoms with Crippen molar-refractivity contribution in [1.82, 2.24) is 0 Å². The third kappa shape index (κ3) is 1.42. The predicted octanol–water partition coefficient (Wildman–Crippen LogP) is -0.113. The van der Waals surface area contributed by atoms with E-state index in [0.29, 0.717) is 11.9 Å². The summed E-state index contributed by atoms with van der Waals surface area (Å²) in [6.07, 6.45) is 1.22. The molecule has 3 nitrogen and oxygen atoms in total. The third-order valence-corrected chi connectivity index (χ3v) is 1.57. The standard InChI is InChI=1S/C6H12N2O/c1-4-2-3-5(9)6(7)8-4/h4-5,9H,2-3H2,1H3,(H2,7,8)/t4-,5+/m0/s1. The summed E-state index contributed by atoms with van der Waals surface area (Å²) < 4.78 is 0. The Morgan fingerprint density at radius 2 is 2.33 bits per heavy atom. The number of nitrogens with zero attached hydrogens (tertiary/aromatic N) is 1. The van der Waals surface area contributed by atoms with E-state index in [1.54, 1.807) is 0 Å². The molecule has 0 aromatic carbocycles. The van der Waals surface area contributed by atoms with Crippen molar-refractivity contribution in [2.45, 2.75) is 31.9 Å². The van der Waals surface area contributed by atoms with E-state index in [-0.39, 0.29) is 0 Å². The van der Waals surface area contributed by atoms with Crippen molar-refractivity contribution >= 4 is 5.84 Å². The van der Waals surface area contributed by atoms with Gasteiger partial charge in [-0.25, -0.2) is 0 Å². The van der Waals surface area contributed by atoms with Gasteiger partial charge >= 0.3 is 0 Å². The quantitative estimate of drug-likeness (QED) is 0.478. The van der Waals surface area contributed by atoms with Gasteiger partial charge in [-0.3, -0.25) is 4.99 Å². The number of aliphatic hydroxyl groups is 1. The van der Waals surface area contributed by atoms with Gasteiger partial charge < -0.3 is 10.8 Å². The van der Waals surface area contributed by atoms with Crippen LogP contribution in [0.3, 0.4) is 0 Å². The molecular formula is C6H12N2O. The van der Waals surface area contributed by atoms with E-state index in [9.17, 15) is 0 Å². The van der Waals surface area contributed by atoms with E-state index < -0.39 is 6.10 Å². The zero-order chi connectivity index (χ0) is 6.85. The second kappa shape index (κ2) is 2.35. The Bertz CT molecular complexity index is 133. The number of aliphatic imine (C=N–C) groups is 1. The first-order chi connectivity index (χ1) is 4.20. The molecule has 0 unspecified atom stereocenters. The highest BCUT2D eigenvalue weighted by atomic mass is 16.3. The number of hydrogen-bond acceptors (Lipinski definition) is 3. The third-order valence-electron chi connectivity index (χ3n) is 1.57. The van der Waals surface area contributed by atoms with Crippen molar-refractivity contribution in [1.29, 1.82) is 0 Å². The molecule has 0 fully saturated rings. The molecular weight excluding hydrogens is 116 g/mol. The summed E-state index contributed by atoms with van der Waals surface area (Å²) in [5.74, 6) is 0.397. The fourth-order valence-electron chi connectivity index (χ4n) is 0.952. The van der Waals surface area contributed by atoms with Crippen molar-refractivity contribution in [2.75, 3.05) is 0 Å². The van der Waals surface area contributed by atoms with Crippen molar-refractivity contribution in [3.05, 3.63) is 0 Å². The molecule has 0 bridgehead atoms. The van der Waals surface area contributed by atoms with Crippen molar-refractivity contribution in [3.63, 3.8) is 0 Å². The van der Waals surface area contributed by atoms with Gasteiger partial charge in [-0.2, -0.15) is 0 Å². The zero-order valence-electron chi connectivity index (χ0n) is 5.54. The molecule has 2 atom stereocenters. The van der Waals surface area contributed by atoms with Crippen LogP contribution in [0.1, 0.15) is 19.8 Å². The lowest BCUT2D eigenvalue weighted by Gasteiger charge is -2.18. The summed E-state index contributed by atoms with van der Waals surface area (Å²) in [4.78, 5) is 4.01. The summed E-state index contributed by atoms with van der Waals surface area (Å²) in [6.45, 7) is 2.00. The Kier molecular flexibility index (Phi) is 1.71. The van der Waals surface area contributed by atoms with Crippen LogP contribution in [0.15, 0.2) is 4.99 Å². The molecule has 1 aliphatic heterocycles. The Hall–Kier alpha value is -0.570. The summed E-state index contributed by atoms with van der Waals surface area (Å²) in [5, 5.41) is 9.04. The van der Waals surface area contributed by atoms with Crippen LogP contribution in [0.25, 0.3) is 0 Å². The van der Waals surface area contributed by atoms with E-state index >= 15 is 0 Å². The van der Waals surface area contributed by atoms with Gasteiger partial charge in [-0.1, -0.05) is 0 Å². The lowest BCUT2D eigenvalue weighted by molar-refractivity contribution is 0.214. The van der Waals surface area contributed by atoms with Gasteiger partial charge in [0, 0.05) is 6.04 Å². The molecule has 0 amide bonds. The van der Waals surface area contributed by atoms with Crippen LogP contribution >= 0.6 is 0 Å². The van der Waals surface area contributed by atoms with Crippen LogP contribution in [-0.2, 0) is 0 Å². The average Bonchev–Trinajstić information content (AvgIpc) is 1.80. The maximum absolute atomic E-state index is 9.04. The lowest BCUT2D eigenvalue weighted by atomic mass is 10.1. The van der Waals surface area contributed by atoms with E-state index in [0.717, 1.165) is 12.8 Å². The van der Waals surface area contributed by atoms with Gasteiger partial charge in [-0.05, 0) is 19.8 Å². The Morgan fingerprint density at radius 3 is 2.78 bits per heavy atom. The first-order valence-electron chi connectivity index (χ1n) is 3.21. The number of rotatable bonds is 0. The zero-order valence-corrected chi connectivity index (χ0v) is 5.54. The predicted molar refractivity (Wildman–Crippen MR) is 36.3 cm³/mol. The Morgan fingerprint density at radius 1 is 1.67 bits per heavy atom. The maximum atomic E-state index is 9.04. The Labute approximate surface area is 54.6 Å². The second-order valence-electron chi connectivity index (χ2n) is 2.50. The minimum absolute atomic E-state index is 0.299. The van der Waals surface area contributed by atoms with Crippen LogP contribution in [0.5, 0.6) is 0 Å². The lowest BCUT2D eigenvalue weighted by Crippen LogP contribution is -2.34. The SMILES string of the molecule is C[C@H]1CC[C@@H](O)C(N)=N1. The van der Waals surface area contributed by atoms with Crippen molar-refractivity contribution in [3.8, 4) is 0 Å². The average molecular weight is 128 g/mol.